The van der Waals surface area contributed by atoms with Crippen LogP contribution in [0.15, 0.2) is 73.6 Å². The SMILES string of the molecule is COc1cc(N2CCC3(CCN(CC4CCN(c5ccnc(NC6CCC(=O)NC6=O)c5)CC4)CC3)CC2)c(-c2cnn(C)c2)cc1Nc1ncc(Cl)c(Nc2ccc3nccnc3c2P(C)(C)=O)n1. The Bertz CT molecular complexity index is 2960. The molecule has 4 fully saturated rings. The molecule has 18 nitrogen and oxygen atoms in total. The van der Waals surface area contributed by atoms with E-state index in [-0.39, 0.29) is 11.8 Å². The molecule has 8 heterocycles. The number of amides is 2. The molecule has 4 saturated heterocycles. The number of pyridine rings is 1. The summed E-state index contributed by atoms with van der Waals surface area (Å²) in [6, 6.07) is 11.5. The molecule has 4 aliphatic heterocycles. The quantitative estimate of drug-likeness (QED) is 0.0657. The minimum atomic E-state index is -2.83. The van der Waals surface area contributed by atoms with Crippen LogP contribution in [0.1, 0.15) is 51.4 Å². The van der Waals surface area contributed by atoms with Gasteiger partial charge >= 0.3 is 0 Å². The highest BCUT2D eigenvalue weighted by Gasteiger charge is 2.39. The predicted octanol–water partition coefficient (Wildman–Crippen LogP) is 7.43. The molecule has 2 amide bonds. The summed E-state index contributed by atoms with van der Waals surface area (Å²) in [5, 5.41) is 17.8. The van der Waals surface area contributed by atoms with Gasteiger partial charge in [0.1, 0.15) is 35.3 Å². The number of carbonyl (C=O) groups is 2. The van der Waals surface area contributed by atoms with Crippen molar-refractivity contribution in [3.05, 3.63) is 78.6 Å². The van der Waals surface area contributed by atoms with E-state index in [1.54, 1.807) is 39.0 Å². The standard InChI is InChI=1S/C50H60ClN14O4P/c1-62-31-33(28-56-62)35-26-40(59-49-55-29-36(51)47(61-49)58-38-6-5-37-45(54-18-17-52-37)46(38)70(3,4)68)42(69-2)27-41(35)65-23-14-50(15-24-65)12-21-63(22-13-50)30-32-10-19-64(20-11-32)34-9-16-53-43(25-34)57-39-7-8-44(66)60-48(39)67/h5-6,9,16-18,25-29,31-32,39H,7-8,10-15,19-24,30H2,1-4H3,(H,53,57)(H,60,66,67)(H2,55,58,59,61). The van der Waals surface area contributed by atoms with E-state index < -0.39 is 13.2 Å². The van der Waals surface area contributed by atoms with Gasteiger partial charge in [-0.1, -0.05) is 11.6 Å². The smallest absolute Gasteiger partial charge is 0.249 e. The van der Waals surface area contributed by atoms with Crippen LogP contribution in [0.3, 0.4) is 0 Å². The maximum Gasteiger partial charge on any atom is 0.249 e. The number of imide groups is 1. The summed E-state index contributed by atoms with van der Waals surface area (Å²) in [7, 11) is 0.772. The number of piperidine rings is 4. The lowest BCUT2D eigenvalue weighted by Gasteiger charge is -2.48. The van der Waals surface area contributed by atoms with Gasteiger partial charge in [0.15, 0.2) is 5.82 Å². The molecule has 4 aromatic heterocycles. The maximum absolute atomic E-state index is 13.6. The van der Waals surface area contributed by atoms with Crippen LogP contribution in [0, 0.1) is 11.3 Å². The zero-order chi connectivity index (χ0) is 48.6. The van der Waals surface area contributed by atoms with Crippen molar-refractivity contribution in [1.29, 1.82) is 0 Å². The number of likely N-dealkylation sites (tertiary alicyclic amines) is 1. The second-order valence-corrected chi connectivity index (χ2v) is 23.2. The number of rotatable bonds is 13. The molecule has 2 aromatic carbocycles. The molecule has 0 saturated carbocycles. The van der Waals surface area contributed by atoms with E-state index in [2.05, 4.69) is 73.1 Å². The Morgan fingerprint density at radius 1 is 0.857 bits per heavy atom. The average Bonchev–Trinajstić information content (AvgIpc) is 3.80. The summed E-state index contributed by atoms with van der Waals surface area (Å²) in [6.07, 6.45) is 18.2. The Morgan fingerprint density at radius 3 is 2.36 bits per heavy atom. The first-order valence-corrected chi connectivity index (χ1v) is 27.1. The first-order chi connectivity index (χ1) is 33.8. The van der Waals surface area contributed by atoms with Gasteiger partial charge in [0.25, 0.3) is 0 Å². The summed E-state index contributed by atoms with van der Waals surface area (Å²) in [5.74, 6) is 2.10. The number of ether oxygens (including phenoxy) is 1. The summed E-state index contributed by atoms with van der Waals surface area (Å²) < 4.78 is 21.5. The van der Waals surface area contributed by atoms with Crippen LogP contribution in [0.25, 0.3) is 22.2 Å². The summed E-state index contributed by atoms with van der Waals surface area (Å²) in [4.78, 5) is 54.2. The van der Waals surface area contributed by atoms with Crippen molar-refractivity contribution in [2.75, 3.05) is 92.0 Å². The van der Waals surface area contributed by atoms with Gasteiger partial charge in [-0.3, -0.25) is 29.6 Å². The average molecular weight is 988 g/mol. The molecular formula is C50H60ClN14O4P. The number of methoxy groups -OCH3 is 1. The van der Waals surface area contributed by atoms with E-state index in [0.717, 1.165) is 94.0 Å². The summed E-state index contributed by atoms with van der Waals surface area (Å²) >= 11 is 6.69. The number of aromatic nitrogens is 7. The number of nitrogens with zero attached hydrogens (tertiary/aromatic N) is 10. The summed E-state index contributed by atoms with van der Waals surface area (Å²) in [5.41, 5.74) is 7.04. The molecule has 6 aromatic rings. The highest BCUT2D eigenvalue weighted by Crippen LogP contribution is 2.47. The van der Waals surface area contributed by atoms with Gasteiger partial charge in [-0.05, 0) is 107 Å². The lowest BCUT2D eigenvalue weighted by Crippen LogP contribution is -2.48. The van der Waals surface area contributed by atoms with E-state index in [4.69, 9.17) is 21.3 Å². The predicted molar refractivity (Wildman–Crippen MR) is 276 cm³/mol. The fourth-order valence-corrected chi connectivity index (χ4v) is 12.2. The van der Waals surface area contributed by atoms with Gasteiger partial charge in [-0.2, -0.15) is 10.1 Å². The van der Waals surface area contributed by atoms with Gasteiger partial charge < -0.3 is 40.0 Å². The number of hydrogen-bond donors (Lipinski definition) is 4. The fraction of sp³-hybridized carbons (Fsp3) is 0.440. The molecule has 0 aliphatic carbocycles. The Kier molecular flexibility index (Phi) is 13.4. The number of carbonyl (C=O) groups excluding carboxylic acids is 2. The third-order valence-corrected chi connectivity index (χ3v) is 16.4. The Labute approximate surface area is 412 Å². The summed E-state index contributed by atoms with van der Waals surface area (Å²) in [6.45, 7) is 10.7. The first-order valence-electron chi connectivity index (χ1n) is 24.2. The van der Waals surface area contributed by atoms with Crippen molar-refractivity contribution in [2.24, 2.45) is 18.4 Å². The third-order valence-electron chi connectivity index (χ3n) is 14.6. The molecule has 0 radical (unpaired) electrons. The minimum Gasteiger partial charge on any atom is -0.494 e. The van der Waals surface area contributed by atoms with E-state index in [1.165, 1.54) is 19.0 Å². The molecule has 1 unspecified atom stereocenters. The van der Waals surface area contributed by atoms with Crippen molar-refractivity contribution in [3.63, 3.8) is 0 Å². The monoisotopic (exact) mass is 986 g/mol. The highest BCUT2D eigenvalue weighted by atomic mass is 35.5. The second-order valence-electron chi connectivity index (χ2n) is 19.6. The largest absolute Gasteiger partial charge is 0.494 e. The van der Waals surface area contributed by atoms with Crippen molar-refractivity contribution >= 4 is 87.2 Å². The van der Waals surface area contributed by atoms with Crippen LogP contribution in [-0.4, -0.2) is 124 Å². The normalized spacial score (nSPS) is 19.1. The Morgan fingerprint density at radius 2 is 1.63 bits per heavy atom. The third kappa shape index (κ3) is 10.3. The van der Waals surface area contributed by atoms with Gasteiger partial charge in [0.05, 0.1) is 41.7 Å². The van der Waals surface area contributed by atoms with Crippen molar-refractivity contribution in [3.8, 4) is 16.9 Å². The van der Waals surface area contributed by atoms with Crippen LogP contribution in [0.4, 0.5) is 40.3 Å². The van der Waals surface area contributed by atoms with Gasteiger partial charge in [-0.15, -0.1) is 0 Å². The fourth-order valence-electron chi connectivity index (χ4n) is 10.7. The molecule has 4 aliphatic rings. The topological polar surface area (TPSA) is 201 Å². The molecule has 20 heteroatoms. The van der Waals surface area contributed by atoms with Crippen LogP contribution in [-0.2, 0) is 21.2 Å². The zero-order valence-electron chi connectivity index (χ0n) is 40.1. The van der Waals surface area contributed by atoms with E-state index in [0.29, 0.717) is 80.2 Å². The van der Waals surface area contributed by atoms with E-state index in [9.17, 15) is 14.2 Å². The number of anilines is 7. The van der Waals surface area contributed by atoms with Gasteiger partial charge in [-0.25, -0.2) is 9.97 Å². The van der Waals surface area contributed by atoms with E-state index >= 15 is 0 Å². The molecular weight excluding hydrogens is 927 g/mol. The number of aryl methyl sites for hydroxylation is 1. The lowest BCUT2D eigenvalue weighted by molar-refractivity contribution is -0.133. The van der Waals surface area contributed by atoms with Crippen LogP contribution < -0.4 is 41.1 Å². The first kappa shape index (κ1) is 47.3. The molecule has 1 atom stereocenters. The van der Waals surface area contributed by atoms with Crippen molar-refractivity contribution in [1.82, 2.24) is 44.9 Å². The molecule has 70 heavy (non-hydrogen) atoms. The molecule has 0 bridgehead atoms. The molecule has 10 rings (SSSR count). The minimum absolute atomic E-state index is 0.222. The number of halogens is 1. The number of fused-ring (bicyclic) bond motifs is 1. The van der Waals surface area contributed by atoms with Crippen molar-refractivity contribution in [2.45, 2.75) is 57.4 Å². The molecule has 1 spiro atoms. The second kappa shape index (κ2) is 19.8. The maximum atomic E-state index is 13.6. The van der Waals surface area contributed by atoms with Crippen LogP contribution in [0.5, 0.6) is 5.75 Å². The van der Waals surface area contributed by atoms with Crippen LogP contribution in [0.2, 0.25) is 5.02 Å². The Balaban J connectivity index is 0.772. The lowest BCUT2D eigenvalue weighted by atomic mass is 9.71. The number of nitrogens with one attached hydrogen (secondary N) is 4. The molecule has 4 N–H and O–H groups in total. The highest BCUT2D eigenvalue weighted by molar-refractivity contribution is 7.71. The zero-order valence-corrected chi connectivity index (χ0v) is 41.8. The van der Waals surface area contributed by atoms with Crippen LogP contribution >= 0.6 is 18.7 Å². The Hall–Kier alpha value is -6.36. The number of hydrogen-bond acceptors (Lipinski definition) is 16. The van der Waals surface area contributed by atoms with E-state index in [1.807, 2.05) is 48.4 Å². The molecule has 366 valence electrons. The van der Waals surface area contributed by atoms with Gasteiger partial charge in [0, 0.05) is 106 Å². The number of benzene rings is 2. The van der Waals surface area contributed by atoms with Gasteiger partial charge in [0.2, 0.25) is 17.8 Å². The van der Waals surface area contributed by atoms with Crippen molar-refractivity contribution < 1.29 is 18.9 Å².